The van der Waals surface area contributed by atoms with Gasteiger partial charge in [0.2, 0.25) is 11.2 Å². The number of hydrogen-bond acceptors (Lipinski definition) is 3. The molecule has 0 aliphatic heterocycles. The summed E-state index contributed by atoms with van der Waals surface area (Å²) >= 11 is -1.30. The lowest BCUT2D eigenvalue weighted by molar-refractivity contribution is 0.111. The molecule has 1 rings (SSSR count). The third kappa shape index (κ3) is 1.84. The van der Waals surface area contributed by atoms with Gasteiger partial charge in [-0.05, 0) is 6.92 Å². The molecule has 72 valence electrons. The number of carbonyl (C=O) groups excluding carboxylic acids is 1. The molecule has 1 aromatic rings. The summed E-state index contributed by atoms with van der Waals surface area (Å²) in [6, 6.07) is 0. The Morgan fingerprint density at radius 3 is 2.62 bits per heavy atom. The Bertz CT molecular complexity index is 346. The summed E-state index contributed by atoms with van der Waals surface area (Å²) in [5.41, 5.74) is 0.942. The molecule has 1 aromatic heterocycles. The summed E-state index contributed by atoms with van der Waals surface area (Å²) in [5.74, 6) is 0. The lowest BCUT2D eigenvalue weighted by Gasteiger charge is -2.10. The number of carbonyl (C=O) groups is 1. The van der Waals surface area contributed by atoms with Crippen LogP contribution < -0.4 is 0 Å². The van der Waals surface area contributed by atoms with Crippen molar-refractivity contribution >= 4 is 17.5 Å². The minimum absolute atomic E-state index is 0.329. The van der Waals surface area contributed by atoms with E-state index >= 15 is 0 Å². The van der Waals surface area contributed by atoms with E-state index < -0.39 is 11.2 Å². The van der Waals surface area contributed by atoms with Gasteiger partial charge in [-0.25, -0.2) is 17.5 Å². The number of rotatable bonds is 3. The minimum Gasteiger partial charge on any atom is -0.296 e. The highest BCUT2D eigenvalue weighted by Gasteiger charge is 2.11. The van der Waals surface area contributed by atoms with E-state index in [9.17, 15) is 9.00 Å². The average Bonchev–Trinajstić information content (AvgIpc) is 2.45. The van der Waals surface area contributed by atoms with Crippen molar-refractivity contribution in [2.45, 2.75) is 6.92 Å². The van der Waals surface area contributed by atoms with E-state index in [0.29, 0.717) is 17.7 Å². The third-order valence-electron chi connectivity index (χ3n) is 1.60. The second-order valence-corrected chi connectivity index (χ2v) is 4.29. The lowest BCUT2D eigenvalue weighted by atomic mass is 10.4. The molecule has 13 heavy (non-hydrogen) atoms. The molecule has 0 aliphatic carbocycles. The van der Waals surface area contributed by atoms with Crippen LogP contribution in [0.15, 0.2) is 6.33 Å². The SMILES string of the molecule is Cc1c(C=O)ncn1S(=O)N(C)C. The fourth-order valence-electron chi connectivity index (χ4n) is 0.857. The zero-order chi connectivity index (χ0) is 10.0. The van der Waals surface area contributed by atoms with Crippen LogP contribution in [-0.4, -0.2) is 37.9 Å². The maximum atomic E-state index is 11.5. The molecule has 1 atom stereocenters. The van der Waals surface area contributed by atoms with Gasteiger partial charge in [0.15, 0.2) is 6.29 Å². The van der Waals surface area contributed by atoms with Crippen LogP contribution in [0.4, 0.5) is 0 Å². The van der Waals surface area contributed by atoms with Crippen LogP contribution in [0, 0.1) is 6.92 Å². The van der Waals surface area contributed by atoms with Gasteiger partial charge in [-0.3, -0.25) is 4.79 Å². The molecule has 0 saturated heterocycles. The van der Waals surface area contributed by atoms with Gasteiger partial charge in [-0.1, -0.05) is 0 Å². The highest BCUT2D eigenvalue weighted by Crippen LogP contribution is 2.05. The van der Waals surface area contributed by atoms with Gasteiger partial charge in [0.05, 0.1) is 5.69 Å². The molecular weight excluding hydrogens is 190 g/mol. The van der Waals surface area contributed by atoms with E-state index in [0.717, 1.165) is 0 Å². The Morgan fingerprint density at radius 2 is 2.23 bits per heavy atom. The summed E-state index contributed by atoms with van der Waals surface area (Å²) in [4.78, 5) is 14.3. The highest BCUT2D eigenvalue weighted by molar-refractivity contribution is 7.81. The summed E-state index contributed by atoms with van der Waals surface area (Å²) in [5, 5.41) is 0. The fourth-order valence-corrected chi connectivity index (χ4v) is 1.66. The van der Waals surface area contributed by atoms with E-state index in [2.05, 4.69) is 4.98 Å². The Kier molecular flexibility index (Phi) is 2.94. The van der Waals surface area contributed by atoms with Crippen LogP contribution in [0.1, 0.15) is 16.2 Å². The van der Waals surface area contributed by atoms with E-state index in [1.54, 1.807) is 21.0 Å². The van der Waals surface area contributed by atoms with E-state index in [4.69, 9.17) is 0 Å². The number of hydrogen-bond donors (Lipinski definition) is 0. The van der Waals surface area contributed by atoms with Gasteiger partial charge in [0.25, 0.3) is 0 Å². The smallest absolute Gasteiger partial charge is 0.203 e. The Morgan fingerprint density at radius 1 is 1.62 bits per heavy atom. The van der Waals surface area contributed by atoms with E-state index in [-0.39, 0.29) is 0 Å². The molecule has 1 unspecified atom stereocenters. The maximum absolute atomic E-state index is 11.5. The van der Waals surface area contributed by atoms with Crippen molar-refractivity contribution in [3.63, 3.8) is 0 Å². The van der Waals surface area contributed by atoms with Crippen molar-refractivity contribution in [3.8, 4) is 0 Å². The van der Waals surface area contributed by atoms with E-state index in [1.807, 2.05) is 0 Å². The first kappa shape index (κ1) is 10.1. The van der Waals surface area contributed by atoms with Gasteiger partial charge < -0.3 is 0 Å². The average molecular weight is 201 g/mol. The molecule has 0 aliphatic rings. The Balaban J connectivity index is 3.09. The summed E-state index contributed by atoms with van der Waals surface area (Å²) < 4.78 is 14.5. The highest BCUT2D eigenvalue weighted by atomic mass is 32.2. The molecule has 0 aromatic carbocycles. The van der Waals surface area contributed by atoms with Crippen molar-refractivity contribution in [1.29, 1.82) is 0 Å². The third-order valence-corrected chi connectivity index (χ3v) is 2.92. The predicted molar refractivity (Wildman–Crippen MR) is 49.6 cm³/mol. The molecule has 0 saturated carbocycles. The summed E-state index contributed by atoms with van der Waals surface area (Å²) in [6.45, 7) is 1.71. The van der Waals surface area contributed by atoms with Crippen molar-refractivity contribution in [3.05, 3.63) is 17.7 Å². The number of aldehydes is 1. The number of nitrogens with zero attached hydrogens (tertiary/aromatic N) is 3. The Labute approximate surface area is 79.1 Å². The zero-order valence-corrected chi connectivity index (χ0v) is 8.54. The second-order valence-electron chi connectivity index (χ2n) is 2.70. The zero-order valence-electron chi connectivity index (χ0n) is 7.72. The van der Waals surface area contributed by atoms with Crippen LogP contribution in [-0.2, 0) is 11.2 Å². The largest absolute Gasteiger partial charge is 0.296 e. The molecule has 1 heterocycles. The number of aromatic nitrogens is 2. The van der Waals surface area contributed by atoms with Crippen molar-refractivity contribution in [2.75, 3.05) is 14.1 Å². The first-order chi connectivity index (χ1) is 6.07. The van der Waals surface area contributed by atoms with Crippen LogP contribution in [0.2, 0.25) is 0 Å². The fraction of sp³-hybridized carbons (Fsp3) is 0.429. The molecule has 0 N–H and O–H groups in total. The quantitative estimate of drug-likeness (QED) is 0.646. The van der Waals surface area contributed by atoms with Crippen LogP contribution in [0.25, 0.3) is 0 Å². The predicted octanol–water partition coefficient (Wildman–Crippen LogP) is -0.00758. The van der Waals surface area contributed by atoms with Gasteiger partial charge in [-0.2, -0.15) is 0 Å². The van der Waals surface area contributed by atoms with Gasteiger partial charge in [0, 0.05) is 14.1 Å². The van der Waals surface area contributed by atoms with Gasteiger partial charge in [0.1, 0.15) is 12.0 Å². The molecule has 6 heteroatoms. The first-order valence-electron chi connectivity index (χ1n) is 3.66. The van der Waals surface area contributed by atoms with Crippen molar-refractivity contribution in [2.24, 2.45) is 0 Å². The van der Waals surface area contributed by atoms with Crippen LogP contribution in [0.3, 0.4) is 0 Å². The number of imidazole rings is 1. The standard InChI is InChI=1S/C7H11N3O2S/c1-6-7(4-11)8-5-10(6)13(12)9(2)3/h4-5H,1-3H3. The first-order valence-corrected chi connectivity index (χ1v) is 4.73. The lowest BCUT2D eigenvalue weighted by Crippen LogP contribution is -2.22. The summed E-state index contributed by atoms with van der Waals surface area (Å²) in [6.07, 6.45) is 2.05. The Hall–Kier alpha value is -1.01. The monoisotopic (exact) mass is 201 g/mol. The van der Waals surface area contributed by atoms with Crippen molar-refractivity contribution in [1.82, 2.24) is 13.3 Å². The topological polar surface area (TPSA) is 55.2 Å². The molecular formula is C7H11N3O2S. The molecule has 0 fully saturated rings. The maximum Gasteiger partial charge on any atom is 0.203 e. The van der Waals surface area contributed by atoms with Crippen LogP contribution >= 0.6 is 0 Å². The molecule has 0 amide bonds. The summed E-state index contributed by atoms with van der Waals surface area (Å²) in [7, 11) is 3.38. The molecule has 0 radical (unpaired) electrons. The van der Waals surface area contributed by atoms with Crippen LogP contribution in [0.5, 0.6) is 0 Å². The normalized spacial score (nSPS) is 13.2. The molecule has 0 bridgehead atoms. The minimum atomic E-state index is -1.30. The van der Waals surface area contributed by atoms with Gasteiger partial charge in [-0.15, -0.1) is 0 Å². The van der Waals surface area contributed by atoms with E-state index in [1.165, 1.54) is 14.6 Å². The second kappa shape index (κ2) is 3.80. The van der Waals surface area contributed by atoms with Gasteiger partial charge >= 0.3 is 0 Å². The molecule has 5 nitrogen and oxygen atoms in total. The van der Waals surface area contributed by atoms with Crippen molar-refractivity contribution < 1.29 is 9.00 Å². The molecule has 0 spiro atoms.